The lowest BCUT2D eigenvalue weighted by Gasteiger charge is -2.15. The van der Waals surface area contributed by atoms with Gasteiger partial charge in [0.2, 0.25) is 0 Å². The van der Waals surface area contributed by atoms with Crippen LogP contribution in [0.15, 0.2) is 18.3 Å². The van der Waals surface area contributed by atoms with E-state index in [1.807, 2.05) is 12.3 Å². The quantitative estimate of drug-likeness (QED) is 0.902. The van der Waals surface area contributed by atoms with Gasteiger partial charge in [-0.15, -0.1) is 0 Å². The van der Waals surface area contributed by atoms with Crippen LogP contribution in [0, 0.1) is 5.92 Å². The van der Waals surface area contributed by atoms with Crippen LogP contribution >= 0.6 is 0 Å². The highest BCUT2D eigenvalue weighted by Crippen LogP contribution is 2.26. The summed E-state index contributed by atoms with van der Waals surface area (Å²) in [5.74, 6) is 1.76. The van der Waals surface area contributed by atoms with Gasteiger partial charge in [0.1, 0.15) is 11.3 Å². The maximum atomic E-state index is 4.79. The number of hydrogen-bond donors (Lipinski definition) is 1. The first-order chi connectivity index (χ1) is 8.75. The van der Waals surface area contributed by atoms with Crippen molar-refractivity contribution in [3.8, 4) is 0 Å². The SMILES string of the molecule is CC(C)Cn1c(C2CCCN2)nc2cccnc21. The summed E-state index contributed by atoms with van der Waals surface area (Å²) in [5.41, 5.74) is 2.04. The minimum absolute atomic E-state index is 0.401. The molecule has 96 valence electrons. The summed E-state index contributed by atoms with van der Waals surface area (Å²) in [6.45, 7) is 6.56. The van der Waals surface area contributed by atoms with Crippen molar-refractivity contribution in [1.29, 1.82) is 0 Å². The molecule has 1 unspecified atom stereocenters. The first-order valence-corrected chi connectivity index (χ1v) is 6.80. The van der Waals surface area contributed by atoms with Crippen LogP contribution in [0.5, 0.6) is 0 Å². The molecule has 2 aromatic heterocycles. The molecule has 1 fully saturated rings. The maximum Gasteiger partial charge on any atom is 0.160 e. The summed E-state index contributed by atoms with van der Waals surface area (Å²) in [4.78, 5) is 9.28. The van der Waals surface area contributed by atoms with Crippen molar-refractivity contribution in [3.63, 3.8) is 0 Å². The summed E-state index contributed by atoms with van der Waals surface area (Å²) in [6, 6.07) is 4.41. The third kappa shape index (κ3) is 2.01. The lowest BCUT2D eigenvalue weighted by molar-refractivity contribution is 0.483. The van der Waals surface area contributed by atoms with Crippen LogP contribution < -0.4 is 5.32 Å². The molecule has 1 N–H and O–H groups in total. The molecular formula is C14H20N4. The number of imidazole rings is 1. The summed E-state index contributed by atoms with van der Waals surface area (Å²) < 4.78 is 2.29. The van der Waals surface area contributed by atoms with Gasteiger partial charge in [-0.2, -0.15) is 0 Å². The van der Waals surface area contributed by atoms with Crippen LogP contribution in [-0.4, -0.2) is 21.1 Å². The van der Waals surface area contributed by atoms with Gasteiger partial charge in [0, 0.05) is 12.7 Å². The third-order valence-corrected chi connectivity index (χ3v) is 3.45. The van der Waals surface area contributed by atoms with Crippen LogP contribution in [0.1, 0.15) is 38.6 Å². The number of nitrogens with zero attached hydrogens (tertiary/aromatic N) is 3. The first kappa shape index (κ1) is 11.7. The number of fused-ring (bicyclic) bond motifs is 1. The summed E-state index contributed by atoms with van der Waals surface area (Å²) >= 11 is 0. The van der Waals surface area contributed by atoms with E-state index in [4.69, 9.17) is 4.98 Å². The first-order valence-electron chi connectivity index (χ1n) is 6.80. The summed E-state index contributed by atoms with van der Waals surface area (Å²) in [7, 11) is 0. The van der Waals surface area contributed by atoms with Gasteiger partial charge >= 0.3 is 0 Å². The normalized spacial score (nSPS) is 20.1. The summed E-state index contributed by atoms with van der Waals surface area (Å²) in [6.07, 6.45) is 4.27. The Balaban J connectivity index is 2.10. The minimum Gasteiger partial charge on any atom is -0.311 e. The largest absolute Gasteiger partial charge is 0.311 e. The molecule has 4 heteroatoms. The highest BCUT2D eigenvalue weighted by molar-refractivity contribution is 5.71. The molecule has 1 aliphatic heterocycles. The smallest absolute Gasteiger partial charge is 0.160 e. The van der Waals surface area contributed by atoms with Gasteiger partial charge in [0.25, 0.3) is 0 Å². The molecule has 0 aliphatic carbocycles. The zero-order valence-electron chi connectivity index (χ0n) is 11.1. The fourth-order valence-electron chi connectivity index (χ4n) is 2.69. The van der Waals surface area contributed by atoms with E-state index < -0.39 is 0 Å². The van der Waals surface area contributed by atoms with Crippen molar-refractivity contribution < 1.29 is 0 Å². The number of hydrogen-bond acceptors (Lipinski definition) is 3. The van der Waals surface area contributed by atoms with Gasteiger partial charge in [-0.05, 0) is 37.4 Å². The second-order valence-electron chi connectivity index (χ2n) is 5.47. The zero-order valence-corrected chi connectivity index (χ0v) is 11.1. The molecule has 0 aromatic carbocycles. The Hall–Kier alpha value is -1.42. The monoisotopic (exact) mass is 244 g/mol. The van der Waals surface area contributed by atoms with Gasteiger partial charge < -0.3 is 9.88 Å². The third-order valence-electron chi connectivity index (χ3n) is 3.45. The number of nitrogens with one attached hydrogen (secondary N) is 1. The average molecular weight is 244 g/mol. The molecule has 0 radical (unpaired) electrons. The molecule has 0 amide bonds. The second-order valence-corrected chi connectivity index (χ2v) is 5.47. The molecule has 3 rings (SSSR count). The molecule has 1 saturated heterocycles. The standard InChI is InChI=1S/C14H20N4/c1-10(2)9-18-13-12(6-4-8-16-13)17-14(18)11-5-3-7-15-11/h4,6,8,10-11,15H,3,5,7,9H2,1-2H3. The van der Waals surface area contributed by atoms with Crippen LogP contribution in [0.25, 0.3) is 11.2 Å². The number of rotatable bonds is 3. The van der Waals surface area contributed by atoms with Crippen molar-refractivity contribution in [3.05, 3.63) is 24.2 Å². The van der Waals surface area contributed by atoms with Gasteiger partial charge in [0.05, 0.1) is 6.04 Å². The highest BCUT2D eigenvalue weighted by Gasteiger charge is 2.23. The number of aromatic nitrogens is 3. The predicted molar refractivity (Wildman–Crippen MR) is 72.3 cm³/mol. The Bertz CT molecular complexity index is 538. The Morgan fingerprint density at radius 3 is 3.11 bits per heavy atom. The lowest BCUT2D eigenvalue weighted by atomic mass is 10.2. The van der Waals surface area contributed by atoms with Crippen LogP contribution in [-0.2, 0) is 6.54 Å². The summed E-state index contributed by atoms with van der Waals surface area (Å²) in [5, 5.41) is 3.54. The Labute approximate surface area is 107 Å². The van der Waals surface area contributed by atoms with E-state index in [-0.39, 0.29) is 0 Å². The van der Waals surface area contributed by atoms with E-state index in [1.165, 1.54) is 12.8 Å². The Morgan fingerprint density at radius 2 is 2.39 bits per heavy atom. The van der Waals surface area contributed by atoms with Crippen LogP contribution in [0.3, 0.4) is 0 Å². The van der Waals surface area contributed by atoms with Crippen molar-refractivity contribution >= 4 is 11.2 Å². The van der Waals surface area contributed by atoms with Crippen molar-refractivity contribution in [1.82, 2.24) is 19.9 Å². The molecule has 0 bridgehead atoms. The highest BCUT2D eigenvalue weighted by atomic mass is 15.2. The number of pyridine rings is 1. The van der Waals surface area contributed by atoms with E-state index in [1.54, 1.807) is 0 Å². The van der Waals surface area contributed by atoms with Crippen LogP contribution in [0.4, 0.5) is 0 Å². The molecule has 4 nitrogen and oxygen atoms in total. The van der Waals surface area contributed by atoms with Crippen molar-refractivity contribution in [2.45, 2.75) is 39.3 Å². The molecular weight excluding hydrogens is 224 g/mol. The minimum atomic E-state index is 0.401. The fourth-order valence-corrected chi connectivity index (χ4v) is 2.69. The molecule has 2 aromatic rings. The van der Waals surface area contributed by atoms with Gasteiger partial charge in [-0.3, -0.25) is 0 Å². The van der Waals surface area contributed by atoms with Crippen molar-refractivity contribution in [2.24, 2.45) is 5.92 Å². The topological polar surface area (TPSA) is 42.7 Å². The van der Waals surface area contributed by atoms with E-state index in [0.717, 1.165) is 30.1 Å². The molecule has 0 spiro atoms. The molecule has 1 aliphatic rings. The molecule has 3 heterocycles. The average Bonchev–Trinajstić information content (AvgIpc) is 2.96. The second kappa shape index (κ2) is 4.69. The van der Waals surface area contributed by atoms with E-state index in [9.17, 15) is 0 Å². The lowest BCUT2D eigenvalue weighted by Crippen LogP contribution is -2.19. The van der Waals surface area contributed by atoms with E-state index in [2.05, 4.69) is 34.8 Å². The fraction of sp³-hybridized carbons (Fsp3) is 0.571. The molecule has 1 atom stereocenters. The molecule has 0 saturated carbocycles. The maximum absolute atomic E-state index is 4.79. The van der Waals surface area contributed by atoms with Crippen molar-refractivity contribution in [2.75, 3.05) is 6.54 Å². The van der Waals surface area contributed by atoms with Crippen LogP contribution in [0.2, 0.25) is 0 Å². The van der Waals surface area contributed by atoms with E-state index >= 15 is 0 Å². The Morgan fingerprint density at radius 1 is 1.50 bits per heavy atom. The predicted octanol–water partition coefficient (Wildman–Crippen LogP) is 2.51. The Kier molecular flexibility index (Phi) is 3.04. The van der Waals surface area contributed by atoms with Gasteiger partial charge in [-0.1, -0.05) is 13.8 Å². The zero-order chi connectivity index (χ0) is 12.5. The molecule has 18 heavy (non-hydrogen) atoms. The van der Waals surface area contributed by atoms with E-state index in [0.29, 0.717) is 12.0 Å². The van der Waals surface area contributed by atoms with Gasteiger partial charge in [-0.25, -0.2) is 9.97 Å². The van der Waals surface area contributed by atoms with Gasteiger partial charge in [0.15, 0.2) is 5.65 Å².